The van der Waals surface area contributed by atoms with Crippen molar-refractivity contribution in [3.63, 3.8) is 0 Å². The van der Waals surface area contributed by atoms with Crippen molar-refractivity contribution >= 4 is 21.9 Å². The summed E-state index contributed by atoms with van der Waals surface area (Å²) in [5.41, 5.74) is 0. The monoisotopic (exact) mass is 398 g/mol. The van der Waals surface area contributed by atoms with Gasteiger partial charge < -0.3 is 10.4 Å². The maximum Gasteiger partial charge on any atom is 0.326 e. The van der Waals surface area contributed by atoms with E-state index < -0.39 is 39.7 Å². The standard InChI is InChI=1S/C18H23FN2O5S/c1-2-3-7-15(18(23)24)20-17(22)13-9-11-21(12-10-13)27(25,26)16-8-5-4-6-14(16)19/h2-6,8,13,15H,7,9-12H2,1H3,(H,20,22)(H,23,24)/b3-2+. The van der Waals surface area contributed by atoms with Crippen LogP contribution in [0.25, 0.3) is 0 Å². The van der Waals surface area contributed by atoms with E-state index in [9.17, 15) is 27.5 Å². The highest BCUT2D eigenvalue weighted by atomic mass is 32.2. The number of hydrogen-bond acceptors (Lipinski definition) is 4. The fourth-order valence-electron chi connectivity index (χ4n) is 2.93. The maximum atomic E-state index is 13.8. The van der Waals surface area contributed by atoms with Gasteiger partial charge in [-0.15, -0.1) is 0 Å². The topological polar surface area (TPSA) is 104 Å². The fraction of sp³-hybridized carbons (Fsp3) is 0.444. The molecule has 1 amide bonds. The Balaban J connectivity index is 1.99. The molecule has 9 heteroatoms. The SMILES string of the molecule is C/C=C/CC(NC(=O)C1CCN(S(=O)(=O)c2ccccc2F)CC1)C(=O)O. The third-order valence-electron chi connectivity index (χ3n) is 4.50. The number of rotatable bonds is 7. The van der Waals surface area contributed by atoms with Crippen molar-refractivity contribution in [1.82, 2.24) is 9.62 Å². The van der Waals surface area contributed by atoms with Crippen molar-refractivity contribution < 1.29 is 27.5 Å². The summed E-state index contributed by atoms with van der Waals surface area (Å²) in [7, 11) is -3.97. The molecular formula is C18H23FN2O5S. The van der Waals surface area contributed by atoms with Crippen LogP contribution in [0.5, 0.6) is 0 Å². The van der Waals surface area contributed by atoms with Crippen LogP contribution in [0.3, 0.4) is 0 Å². The summed E-state index contributed by atoms with van der Waals surface area (Å²) < 4.78 is 40.1. The molecule has 1 aromatic rings. The number of nitrogens with zero attached hydrogens (tertiary/aromatic N) is 1. The Hall–Kier alpha value is -2.26. The number of nitrogens with one attached hydrogen (secondary N) is 1. The van der Waals surface area contributed by atoms with Gasteiger partial charge in [-0.3, -0.25) is 4.79 Å². The molecule has 1 fully saturated rings. The van der Waals surface area contributed by atoms with Gasteiger partial charge in [0.2, 0.25) is 15.9 Å². The van der Waals surface area contributed by atoms with E-state index in [1.54, 1.807) is 19.1 Å². The largest absolute Gasteiger partial charge is 0.480 e. The molecule has 0 saturated carbocycles. The number of benzene rings is 1. The van der Waals surface area contributed by atoms with E-state index in [1.807, 2.05) is 0 Å². The van der Waals surface area contributed by atoms with Crippen molar-refractivity contribution in [1.29, 1.82) is 0 Å². The molecule has 1 aliphatic heterocycles. The maximum absolute atomic E-state index is 13.8. The molecule has 2 N–H and O–H groups in total. The fourth-order valence-corrected chi connectivity index (χ4v) is 4.47. The first-order chi connectivity index (χ1) is 12.8. The molecule has 7 nitrogen and oxygen atoms in total. The van der Waals surface area contributed by atoms with Gasteiger partial charge in [0.15, 0.2) is 0 Å². The first-order valence-electron chi connectivity index (χ1n) is 8.66. The molecular weight excluding hydrogens is 375 g/mol. The van der Waals surface area contributed by atoms with Crippen LogP contribution in [0, 0.1) is 11.7 Å². The van der Waals surface area contributed by atoms with Crippen molar-refractivity contribution in [2.75, 3.05) is 13.1 Å². The van der Waals surface area contributed by atoms with E-state index in [0.29, 0.717) is 0 Å². The summed E-state index contributed by atoms with van der Waals surface area (Å²) in [6, 6.07) is 4.14. The van der Waals surface area contributed by atoms with Crippen molar-refractivity contribution in [2.24, 2.45) is 5.92 Å². The van der Waals surface area contributed by atoms with Gasteiger partial charge in [0, 0.05) is 19.0 Å². The lowest BCUT2D eigenvalue weighted by Crippen LogP contribution is -2.47. The predicted molar refractivity (Wildman–Crippen MR) is 96.9 cm³/mol. The Morgan fingerprint density at radius 3 is 2.52 bits per heavy atom. The minimum atomic E-state index is -3.97. The number of piperidine rings is 1. The van der Waals surface area contributed by atoms with Gasteiger partial charge >= 0.3 is 5.97 Å². The highest BCUT2D eigenvalue weighted by Gasteiger charge is 2.34. The number of halogens is 1. The zero-order valence-electron chi connectivity index (χ0n) is 15.0. The molecule has 0 aliphatic carbocycles. The molecule has 1 aromatic carbocycles. The van der Waals surface area contributed by atoms with E-state index in [2.05, 4.69) is 5.32 Å². The molecule has 0 radical (unpaired) electrons. The second-order valence-corrected chi connectivity index (χ2v) is 8.22. The molecule has 27 heavy (non-hydrogen) atoms. The Bertz CT molecular complexity index is 817. The molecule has 0 aromatic heterocycles. The van der Waals surface area contributed by atoms with Gasteiger partial charge in [0.05, 0.1) is 0 Å². The Morgan fingerprint density at radius 1 is 1.33 bits per heavy atom. The molecule has 2 rings (SSSR count). The Kier molecular flexibility index (Phi) is 7.09. The van der Waals surface area contributed by atoms with E-state index in [-0.39, 0.29) is 37.2 Å². The van der Waals surface area contributed by atoms with Crippen LogP contribution in [0.15, 0.2) is 41.3 Å². The first-order valence-corrected chi connectivity index (χ1v) is 10.1. The number of aliphatic carboxylic acids is 1. The summed E-state index contributed by atoms with van der Waals surface area (Å²) in [6.07, 6.45) is 4.03. The average molecular weight is 398 g/mol. The summed E-state index contributed by atoms with van der Waals surface area (Å²) in [5, 5.41) is 11.7. The van der Waals surface area contributed by atoms with Gasteiger partial charge in [-0.05, 0) is 38.3 Å². The molecule has 1 unspecified atom stereocenters. The number of allylic oxidation sites excluding steroid dienone is 1. The molecule has 1 saturated heterocycles. The number of hydrogen-bond donors (Lipinski definition) is 2. The summed E-state index contributed by atoms with van der Waals surface area (Å²) in [6.45, 7) is 1.90. The van der Waals surface area contributed by atoms with Gasteiger partial charge in [0.1, 0.15) is 16.8 Å². The van der Waals surface area contributed by atoms with Crippen LogP contribution < -0.4 is 5.32 Å². The minimum Gasteiger partial charge on any atom is -0.480 e. The summed E-state index contributed by atoms with van der Waals surface area (Å²) in [4.78, 5) is 23.2. The van der Waals surface area contributed by atoms with Crippen molar-refractivity contribution in [3.8, 4) is 0 Å². The van der Waals surface area contributed by atoms with Crippen molar-refractivity contribution in [2.45, 2.75) is 37.1 Å². The zero-order chi connectivity index (χ0) is 20.0. The second kappa shape index (κ2) is 9.09. The highest BCUT2D eigenvalue weighted by Crippen LogP contribution is 2.25. The lowest BCUT2D eigenvalue weighted by molar-refractivity contribution is -0.142. The number of carboxylic acids is 1. The Labute approximate surface area is 157 Å². The van der Waals surface area contributed by atoms with Crippen LogP contribution in [0.4, 0.5) is 4.39 Å². The molecule has 1 atom stereocenters. The second-order valence-electron chi connectivity index (χ2n) is 6.31. The molecule has 0 spiro atoms. The molecule has 1 aliphatic rings. The lowest BCUT2D eigenvalue weighted by atomic mass is 9.96. The number of sulfonamides is 1. The number of carbonyl (C=O) groups is 2. The first kappa shape index (κ1) is 21.0. The van der Waals surface area contributed by atoms with Gasteiger partial charge in [-0.2, -0.15) is 4.31 Å². The number of carbonyl (C=O) groups excluding carboxylic acids is 1. The van der Waals surface area contributed by atoms with E-state index in [0.717, 1.165) is 10.4 Å². The van der Waals surface area contributed by atoms with E-state index >= 15 is 0 Å². The predicted octanol–water partition coefficient (Wildman–Crippen LogP) is 1.76. The van der Waals surface area contributed by atoms with Crippen LogP contribution >= 0.6 is 0 Å². The summed E-state index contributed by atoms with van der Waals surface area (Å²) >= 11 is 0. The number of amides is 1. The van der Waals surface area contributed by atoms with Crippen LogP contribution in [0.2, 0.25) is 0 Å². The minimum absolute atomic E-state index is 0.0708. The zero-order valence-corrected chi connectivity index (χ0v) is 15.8. The smallest absolute Gasteiger partial charge is 0.326 e. The summed E-state index contributed by atoms with van der Waals surface area (Å²) in [5.74, 6) is -2.83. The van der Waals surface area contributed by atoms with Crippen LogP contribution in [-0.2, 0) is 19.6 Å². The van der Waals surface area contributed by atoms with Gasteiger partial charge in [-0.25, -0.2) is 17.6 Å². The number of carboxylic acid groups (broad SMARTS) is 1. The highest BCUT2D eigenvalue weighted by molar-refractivity contribution is 7.89. The van der Waals surface area contributed by atoms with E-state index in [4.69, 9.17) is 0 Å². The van der Waals surface area contributed by atoms with Gasteiger partial charge in [-0.1, -0.05) is 24.3 Å². The van der Waals surface area contributed by atoms with E-state index in [1.165, 1.54) is 18.2 Å². The van der Waals surface area contributed by atoms with Crippen LogP contribution in [-0.4, -0.2) is 48.8 Å². The third-order valence-corrected chi connectivity index (χ3v) is 6.43. The lowest BCUT2D eigenvalue weighted by Gasteiger charge is -2.31. The van der Waals surface area contributed by atoms with Crippen molar-refractivity contribution in [3.05, 3.63) is 42.2 Å². The average Bonchev–Trinajstić information content (AvgIpc) is 2.65. The third kappa shape index (κ3) is 5.14. The molecule has 148 valence electrons. The normalized spacial score (nSPS) is 17.7. The quantitative estimate of drug-likeness (QED) is 0.681. The Morgan fingerprint density at radius 2 is 1.96 bits per heavy atom. The molecule has 0 bridgehead atoms. The van der Waals surface area contributed by atoms with Gasteiger partial charge in [0.25, 0.3) is 0 Å². The molecule has 1 heterocycles. The van der Waals surface area contributed by atoms with Crippen LogP contribution in [0.1, 0.15) is 26.2 Å².